The van der Waals surface area contributed by atoms with E-state index in [1.54, 1.807) is 0 Å². The van der Waals surface area contributed by atoms with Crippen LogP contribution in [0.25, 0.3) is 0 Å². The molecule has 0 unspecified atom stereocenters. The lowest BCUT2D eigenvalue weighted by Crippen LogP contribution is -2.39. The van der Waals surface area contributed by atoms with Crippen LogP contribution in [0.15, 0.2) is 18.2 Å². The van der Waals surface area contributed by atoms with E-state index >= 15 is 0 Å². The molecule has 0 amide bonds. The molecule has 0 aliphatic heterocycles. The van der Waals surface area contributed by atoms with Crippen LogP contribution < -0.4 is 10.1 Å². The maximum atomic E-state index is 9.89. The van der Waals surface area contributed by atoms with E-state index in [0.717, 1.165) is 12.2 Å². The molecule has 0 fully saturated rings. The number of ether oxygens (including phenoxy) is 1. The molecule has 0 saturated carbocycles. The monoisotopic (exact) mass is 295 g/mol. The van der Waals surface area contributed by atoms with Crippen molar-refractivity contribution in [2.45, 2.75) is 52.2 Å². The highest BCUT2D eigenvalue weighted by Gasteiger charge is 2.10. The third kappa shape index (κ3) is 6.04. The second kappa shape index (κ2) is 9.03. The number of nitrogens with one attached hydrogen (secondary N) is 1. The van der Waals surface area contributed by atoms with Crippen LogP contribution in [0.5, 0.6) is 5.75 Å². The first-order valence-electron chi connectivity index (χ1n) is 7.73. The summed E-state index contributed by atoms with van der Waals surface area (Å²) >= 11 is 0. The highest BCUT2D eigenvalue weighted by atomic mass is 16.5. The fourth-order valence-corrected chi connectivity index (χ4v) is 2.28. The van der Waals surface area contributed by atoms with Gasteiger partial charge < -0.3 is 20.3 Å². The number of aryl methyl sites for hydroxylation is 1. The van der Waals surface area contributed by atoms with Crippen LogP contribution >= 0.6 is 0 Å². The first kappa shape index (κ1) is 18.0. The molecule has 0 bridgehead atoms. The first-order valence-corrected chi connectivity index (χ1v) is 7.73. The number of aliphatic hydroxyl groups excluding tert-OH is 2. The molecule has 2 atom stereocenters. The molecule has 1 rings (SSSR count). The van der Waals surface area contributed by atoms with Crippen LogP contribution in [0, 0.1) is 6.92 Å². The summed E-state index contributed by atoms with van der Waals surface area (Å²) in [5, 5.41) is 22.1. The molecule has 0 aromatic heterocycles. The molecule has 0 aliphatic rings. The molecular formula is C17H29NO3. The minimum Gasteiger partial charge on any atom is -0.491 e. The number of benzene rings is 1. The normalized spacial score (nSPS) is 14.2. The Morgan fingerprint density at radius 3 is 2.52 bits per heavy atom. The molecule has 21 heavy (non-hydrogen) atoms. The van der Waals surface area contributed by atoms with Crippen LogP contribution in [-0.2, 0) is 0 Å². The van der Waals surface area contributed by atoms with Crippen molar-refractivity contribution >= 4 is 0 Å². The molecule has 0 heterocycles. The quantitative estimate of drug-likeness (QED) is 0.654. The second-order valence-corrected chi connectivity index (χ2v) is 5.83. The van der Waals surface area contributed by atoms with E-state index < -0.39 is 6.10 Å². The van der Waals surface area contributed by atoms with E-state index in [2.05, 4.69) is 32.2 Å². The van der Waals surface area contributed by atoms with E-state index in [4.69, 9.17) is 9.84 Å². The minimum atomic E-state index is -0.587. The third-order valence-electron chi connectivity index (χ3n) is 3.66. The van der Waals surface area contributed by atoms with Crippen molar-refractivity contribution in [2.24, 2.45) is 0 Å². The Balaban J connectivity index is 2.42. The van der Waals surface area contributed by atoms with Gasteiger partial charge in [-0.15, -0.1) is 0 Å². The number of hydrogen-bond acceptors (Lipinski definition) is 4. The largest absolute Gasteiger partial charge is 0.491 e. The predicted octanol–water partition coefficient (Wildman–Crippen LogP) is 2.22. The molecule has 0 spiro atoms. The first-order chi connectivity index (χ1) is 9.97. The summed E-state index contributed by atoms with van der Waals surface area (Å²) in [5.41, 5.74) is 2.53. The average Bonchev–Trinajstić information content (AvgIpc) is 2.45. The van der Waals surface area contributed by atoms with E-state index in [1.807, 2.05) is 19.1 Å². The number of hydrogen-bond donors (Lipinski definition) is 3. The zero-order valence-corrected chi connectivity index (χ0v) is 13.6. The maximum Gasteiger partial charge on any atom is 0.119 e. The predicted molar refractivity (Wildman–Crippen MR) is 85.9 cm³/mol. The SMILES string of the molecule is CC[C@H](CO)NC[C@H](O)COc1ccc(C(C)C)c(C)c1. The van der Waals surface area contributed by atoms with Gasteiger partial charge in [0, 0.05) is 12.6 Å². The van der Waals surface area contributed by atoms with Gasteiger partial charge in [0.15, 0.2) is 0 Å². The Morgan fingerprint density at radius 1 is 1.29 bits per heavy atom. The summed E-state index contributed by atoms with van der Waals surface area (Å²) in [7, 11) is 0. The molecule has 4 nitrogen and oxygen atoms in total. The summed E-state index contributed by atoms with van der Waals surface area (Å²) in [5.74, 6) is 1.28. The van der Waals surface area contributed by atoms with Gasteiger partial charge in [0.05, 0.1) is 6.61 Å². The molecule has 1 aromatic rings. The summed E-state index contributed by atoms with van der Waals surface area (Å²) in [4.78, 5) is 0. The molecule has 0 aliphatic carbocycles. The van der Waals surface area contributed by atoms with Crippen molar-refractivity contribution in [1.82, 2.24) is 5.32 Å². The highest BCUT2D eigenvalue weighted by Crippen LogP contribution is 2.23. The molecule has 1 aromatic carbocycles. The lowest BCUT2D eigenvalue weighted by Gasteiger charge is -2.18. The van der Waals surface area contributed by atoms with Gasteiger partial charge in [-0.25, -0.2) is 0 Å². The molecule has 3 N–H and O–H groups in total. The number of rotatable bonds is 9. The van der Waals surface area contributed by atoms with Crippen molar-refractivity contribution in [2.75, 3.05) is 19.8 Å². The van der Waals surface area contributed by atoms with Gasteiger partial charge in [-0.3, -0.25) is 0 Å². The van der Waals surface area contributed by atoms with E-state index in [-0.39, 0.29) is 19.3 Å². The molecule has 120 valence electrons. The molecular weight excluding hydrogens is 266 g/mol. The third-order valence-corrected chi connectivity index (χ3v) is 3.66. The summed E-state index contributed by atoms with van der Waals surface area (Å²) in [6.07, 6.45) is 0.246. The Bertz CT molecular complexity index is 416. The zero-order valence-electron chi connectivity index (χ0n) is 13.6. The van der Waals surface area contributed by atoms with Crippen molar-refractivity contribution in [3.63, 3.8) is 0 Å². The van der Waals surface area contributed by atoms with Gasteiger partial charge in [0.2, 0.25) is 0 Å². The van der Waals surface area contributed by atoms with E-state index in [1.165, 1.54) is 11.1 Å². The van der Waals surface area contributed by atoms with Crippen LogP contribution in [0.2, 0.25) is 0 Å². The lowest BCUT2D eigenvalue weighted by molar-refractivity contribution is 0.0994. The van der Waals surface area contributed by atoms with Crippen LogP contribution in [-0.4, -0.2) is 42.1 Å². The fourth-order valence-electron chi connectivity index (χ4n) is 2.28. The second-order valence-electron chi connectivity index (χ2n) is 5.83. The Kier molecular flexibility index (Phi) is 7.72. The van der Waals surface area contributed by atoms with Crippen molar-refractivity contribution in [3.8, 4) is 5.75 Å². The number of aliphatic hydroxyl groups is 2. The standard InChI is InChI=1S/C17H29NO3/c1-5-14(10-19)18-9-15(20)11-21-16-6-7-17(12(2)3)13(4)8-16/h6-8,12,14-15,18-20H,5,9-11H2,1-4H3/t14-,15+/m1/s1. The van der Waals surface area contributed by atoms with E-state index in [9.17, 15) is 5.11 Å². The Labute approximate surface area is 128 Å². The topological polar surface area (TPSA) is 61.7 Å². The summed E-state index contributed by atoms with van der Waals surface area (Å²) in [6.45, 7) is 9.16. The van der Waals surface area contributed by atoms with Gasteiger partial charge in [0.25, 0.3) is 0 Å². The van der Waals surface area contributed by atoms with E-state index in [0.29, 0.717) is 12.5 Å². The Hall–Kier alpha value is -1.10. The van der Waals surface area contributed by atoms with Gasteiger partial charge in [-0.2, -0.15) is 0 Å². The van der Waals surface area contributed by atoms with Crippen LogP contribution in [0.1, 0.15) is 44.2 Å². The van der Waals surface area contributed by atoms with Crippen molar-refractivity contribution in [1.29, 1.82) is 0 Å². The maximum absolute atomic E-state index is 9.89. The summed E-state index contributed by atoms with van der Waals surface area (Å²) in [6, 6.07) is 6.08. The van der Waals surface area contributed by atoms with Crippen LogP contribution in [0.4, 0.5) is 0 Å². The fraction of sp³-hybridized carbons (Fsp3) is 0.647. The van der Waals surface area contributed by atoms with Crippen molar-refractivity contribution < 1.29 is 14.9 Å². The van der Waals surface area contributed by atoms with Gasteiger partial charge >= 0.3 is 0 Å². The van der Waals surface area contributed by atoms with Gasteiger partial charge in [-0.05, 0) is 42.5 Å². The molecule has 0 saturated heterocycles. The Morgan fingerprint density at radius 2 is 2.00 bits per heavy atom. The minimum absolute atomic E-state index is 0.0345. The zero-order chi connectivity index (χ0) is 15.8. The van der Waals surface area contributed by atoms with Gasteiger partial charge in [-0.1, -0.05) is 26.8 Å². The summed E-state index contributed by atoms with van der Waals surface area (Å²) < 4.78 is 5.63. The highest BCUT2D eigenvalue weighted by molar-refractivity contribution is 5.36. The molecule has 4 heteroatoms. The van der Waals surface area contributed by atoms with Crippen molar-refractivity contribution in [3.05, 3.63) is 29.3 Å². The molecule has 0 radical (unpaired) electrons. The van der Waals surface area contributed by atoms with Crippen LogP contribution in [0.3, 0.4) is 0 Å². The smallest absolute Gasteiger partial charge is 0.119 e. The lowest BCUT2D eigenvalue weighted by atomic mass is 9.98. The van der Waals surface area contributed by atoms with Gasteiger partial charge in [0.1, 0.15) is 18.5 Å². The average molecular weight is 295 g/mol.